The van der Waals surface area contributed by atoms with Gasteiger partial charge >= 0.3 is 0 Å². The summed E-state index contributed by atoms with van der Waals surface area (Å²) in [5.74, 6) is 1.01. The maximum Gasteiger partial charge on any atom is 0.250 e. The van der Waals surface area contributed by atoms with Crippen LogP contribution in [0.15, 0.2) is 64.8 Å². The standard InChI is InChI=1S/C22H22N2OS/c25-21-9-8-20(17-5-2-1-3-6-17)22-18-11-16(13-24(21)22)12-23(14-18)15-19-7-4-10-26-19/h1-10,16,18H,11-15H2/t16-,18+/m0/s1. The minimum atomic E-state index is 0.154. The first-order chi connectivity index (χ1) is 12.8. The second-order valence-electron chi connectivity index (χ2n) is 7.52. The molecule has 2 aromatic heterocycles. The summed E-state index contributed by atoms with van der Waals surface area (Å²) >= 11 is 1.84. The Kier molecular flexibility index (Phi) is 4.03. The van der Waals surface area contributed by atoms with E-state index >= 15 is 0 Å². The Hall–Kier alpha value is -2.17. The zero-order valence-electron chi connectivity index (χ0n) is 14.7. The predicted molar refractivity (Wildman–Crippen MR) is 107 cm³/mol. The molecule has 2 bridgehead atoms. The van der Waals surface area contributed by atoms with Gasteiger partial charge in [-0.1, -0.05) is 36.4 Å². The minimum absolute atomic E-state index is 0.154. The Labute approximate surface area is 157 Å². The fraction of sp³-hybridized carbons (Fsp3) is 0.318. The van der Waals surface area contributed by atoms with Gasteiger partial charge in [0.15, 0.2) is 0 Å². The fourth-order valence-electron chi connectivity index (χ4n) is 4.73. The molecule has 0 unspecified atom stereocenters. The van der Waals surface area contributed by atoms with Gasteiger partial charge in [-0.3, -0.25) is 9.69 Å². The van der Waals surface area contributed by atoms with Gasteiger partial charge in [-0.25, -0.2) is 0 Å². The zero-order chi connectivity index (χ0) is 17.5. The Balaban J connectivity index is 1.54. The molecular weight excluding hydrogens is 340 g/mol. The molecular formula is C22H22N2OS. The number of fused-ring (bicyclic) bond motifs is 4. The van der Waals surface area contributed by atoms with Crippen LogP contribution in [0.4, 0.5) is 0 Å². The van der Waals surface area contributed by atoms with Gasteiger partial charge < -0.3 is 4.57 Å². The molecule has 0 amide bonds. The van der Waals surface area contributed by atoms with Crippen molar-refractivity contribution < 1.29 is 0 Å². The van der Waals surface area contributed by atoms with Crippen molar-refractivity contribution in [1.29, 1.82) is 0 Å². The number of pyridine rings is 1. The number of hydrogen-bond donors (Lipinski definition) is 0. The van der Waals surface area contributed by atoms with Crippen molar-refractivity contribution >= 4 is 11.3 Å². The average molecular weight is 362 g/mol. The molecule has 4 heterocycles. The van der Waals surface area contributed by atoms with Crippen LogP contribution >= 0.6 is 11.3 Å². The van der Waals surface area contributed by atoms with E-state index in [9.17, 15) is 4.79 Å². The SMILES string of the molecule is O=c1ccc(-c2ccccc2)c2n1C[C@H]1C[C@@H]2CN(Cc2cccs2)C1. The lowest BCUT2D eigenvalue weighted by Gasteiger charge is -2.43. The van der Waals surface area contributed by atoms with Crippen LogP contribution < -0.4 is 5.56 Å². The summed E-state index contributed by atoms with van der Waals surface area (Å²) < 4.78 is 2.06. The molecule has 5 rings (SSSR count). The van der Waals surface area contributed by atoms with Crippen molar-refractivity contribution in [3.8, 4) is 11.1 Å². The summed E-state index contributed by atoms with van der Waals surface area (Å²) in [5, 5.41) is 2.16. The van der Waals surface area contributed by atoms with Crippen molar-refractivity contribution in [3.63, 3.8) is 0 Å². The van der Waals surface area contributed by atoms with E-state index in [1.54, 1.807) is 6.07 Å². The van der Waals surface area contributed by atoms with Crippen LogP contribution in [0.3, 0.4) is 0 Å². The number of nitrogens with zero attached hydrogens (tertiary/aromatic N) is 2. The van der Waals surface area contributed by atoms with Crippen LogP contribution in [-0.2, 0) is 13.1 Å². The van der Waals surface area contributed by atoms with Crippen LogP contribution in [0.5, 0.6) is 0 Å². The normalized spacial score (nSPS) is 22.2. The van der Waals surface area contributed by atoms with Gasteiger partial charge in [-0.05, 0) is 35.4 Å². The van der Waals surface area contributed by atoms with E-state index in [0.717, 1.165) is 26.2 Å². The molecule has 3 aromatic rings. The summed E-state index contributed by atoms with van der Waals surface area (Å²) in [6, 6.07) is 18.6. The summed E-state index contributed by atoms with van der Waals surface area (Å²) in [6.45, 7) is 4.02. The van der Waals surface area contributed by atoms with Crippen molar-refractivity contribution in [2.75, 3.05) is 13.1 Å². The van der Waals surface area contributed by atoms with Crippen LogP contribution in [0, 0.1) is 5.92 Å². The average Bonchev–Trinajstić information content (AvgIpc) is 3.16. The number of benzene rings is 1. The summed E-state index contributed by atoms with van der Waals surface area (Å²) in [4.78, 5) is 16.6. The molecule has 1 aromatic carbocycles. The first kappa shape index (κ1) is 16.0. The monoisotopic (exact) mass is 362 g/mol. The molecule has 2 atom stereocenters. The molecule has 0 N–H and O–H groups in total. The summed E-state index contributed by atoms with van der Waals surface area (Å²) in [6.07, 6.45) is 1.20. The van der Waals surface area contributed by atoms with E-state index in [0.29, 0.717) is 11.8 Å². The van der Waals surface area contributed by atoms with E-state index in [2.05, 4.69) is 51.2 Å². The molecule has 0 radical (unpaired) electrons. The lowest BCUT2D eigenvalue weighted by molar-refractivity contribution is 0.115. The van der Waals surface area contributed by atoms with Crippen molar-refractivity contribution in [2.24, 2.45) is 5.92 Å². The highest BCUT2D eigenvalue weighted by Gasteiger charge is 2.36. The maximum atomic E-state index is 12.6. The van der Waals surface area contributed by atoms with E-state index < -0.39 is 0 Å². The van der Waals surface area contributed by atoms with Gasteiger partial charge in [-0.2, -0.15) is 0 Å². The number of aromatic nitrogens is 1. The number of thiophene rings is 1. The largest absolute Gasteiger partial charge is 0.311 e. The molecule has 26 heavy (non-hydrogen) atoms. The third-order valence-corrected chi connectivity index (χ3v) is 6.57. The van der Waals surface area contributed by atoms with Gasteiger partial charge in [-0.15, -0.1) is 11.3 Å². The third-order valence-electron chi connectivity index (χ3n) is 5.71. The first-order valence-electron chi connectivity index (χ1n) is 9.32. The maximum absolute atomic E-state index is 12.6. The number of hydrogen-bond acceptors (Lipinski definition) is 3. The highest BCUT2D eigenvalue weighted by Crippen LogP contribution is 2.40. The second-order valence-corrected chi connectivity index (χ2v) is 8.55. The Morgan fingerprint density at radius 1 is 0.962 bits per heavy atom. The minimum Gasteiger partial charge on any atom is -0.311 e. The van der Waals surface area contributed by atoms with E-state index in [1.807, 2.05) is 23.5 Å². The summed E-state index contributed by atoms with van der Waals surface area (Å²) in [7, 11) is 0. The molecule has 2 aliphatic rings. The Morgan fingerprint density at radius 2 is 1.85 bits per heavy atom. The Bertz CT molecular complexity index is 962. The third kappa shape index (κ3) is 2.83. The zero-order valence-corrected chi connectivity index (χ0v) is 15.5. The fourth-order valence-corrected chi connectivity index (χ4v) is 5.47. The molecule has 1 fully saturated rings. The number of rotatable bonds is 3. The predicted octanol–water partition coefficient (Wildman–Crippen LogP) is 4.20. The molecule has 0 saturated carbocycles. The molecule has 132 valence electrons. The van der Waals surface area contributed by atoms with E-state index in [-0.39, 0.29) is 5.56 Å². The smallest absolute Gasteiger partial charge is 0.250 e. The van der Waals surface area contributed by atoms with Gasteiger partial charge in [0.1, 0.15) is 0 Å². The molecule has 0 spiro atoms. The number of likely N-dealkylation sites (tertiary alicyclic amines) is 1. The van der Waals surface area contributed by atoms with Gasteiger partial charge in [0.05, 0.1) is 0 Å². The topological polar surface area (TPSA) is 25.2 Å². The van der Waals surface area contributed by atoms with Crippen LogP contribution in [0.2, 0.25) is 0 Å². The van der Waals surface area contributed by atoms with E-state index in [1.165, 1.54) is 28.1 Å². The molecule has 1 saturated heterocycles. The van der Waals surface area contributed by atoms with Crippen LogP contribution in [-0.4, -0.2) is 22.6 Å². The van der Waals surface area contributed by atoms with Crippen LogP contribution in [0.25, 0.3) is 11.1 Å². The lowest BCUT2D eigenvalue weighted by atomic mass is 9.80. The Morgan fingerprint density at radius 3 is 2.65 bits per heavy atom. The van der Waals surface area contributed by atoms with Gasteiger partial charge in [0.25, 0.3) is 5.56 Å². The van der Waals surface area contributed by atoms with Crippen molar-refractivity contribution in [1.82, 2.24) is 9.47 Å². The molecule has 0 aliphatic carbocycles. The lowest BCUT2D eigenvalue weighted by Crippen LogP contribution is -2.46. The quantitative estimate of drug-likeness (QED) is 0.698. The van der Waals surface area contributed by atoms with Crippen LogP contribution in [0.1, 0.15) is 22.9 Å². The highest BCUT2D eigenvalue weighted by atomic mass is 32.1. The van der Waals surface area contributed by atoms with Crippen molar-refractivity contribution in [2.45, 2.75) is 25.4 Å². The van der Waals surface area contributed by atoms with E-state index in [4.69, 9.17) is 0 Å². The highest BCUT2D eigenvalue weighted by molar-refractivity contribution is 7.09. The van der Waals surface area contributed by atoms with Gasteiger partial charge in [0.2, 0.25) is 0 Å². The molecule has 3 nitrogen and oxygen atoms in total. The molecule has 2 aliphatic heterocycles. The summed E-state index contributed by atoms with van der Waals surface area (Å²) in [5.41, 5.74) is 3.84. The first-order valence-corrected chi connectivity index (χ1v) is 10.2. The second kappa shape index (κ2) is 6.53. The molecule has 4 heteroatoms. The number of piperidine rings is 1. The van der Waals surface area contributed by atoms with Crippen molar-refractivity contribution in [3.05, 3.63) is 80.9 Å². The van der Waals surface area contributed by atoms with Gasteiger partial charge in [0, 0.05) is 54.3 Å².